The van der Waals surface area contributed by atoms with Crippen LogP contribution in [0.1, 0.15) is 53.9 Å². The van der Waals surface area contributed by atoms with Gasteiger partial charge in [-0.2, -0.15) is 0 Å². The van der Waals surface area contributed by atoms with Crippen molar-refractivity contribution < 1.29 is 4.79 Å². The van der Waals surface area contributed by atoms with Crippen molar-refractivity contribution >= 4 is 5.91 Å². The zero-order chi connectivity index (χ0) is 14.7. The molecule has 19 heavy (non-hydrogen) atoms. The fourth-order valence-electron chi connectivity index (χ4n) is 3.01. The van der Waals surface area contributed by atoms with Gasteiger partial charge < -0.3 is 4.90 Å². The summed E-state index contributed by atoms with van der Waals surface area (Å²) in [5.41, 5.74) is 2.25. The maximum Gasteiger partial charge on any atom is 0.240 e. The molecule has 0 aromatic heterocycles. The summed E-state index contributed by atoms with van der Waals surface area (Å²) in [6.07, 6.45) is 3.75. The van der Waals surface area contributed by atoms with Gasteiger partial charge >= 0.3 is 0 Å². The SMILES string of the molecule is CC(C)(CN1CCCC(C(C)(C)C)CC1)C(=O)NN. The predicted molar refractivity (Wildman–Crippen MR) is 79.3 cm³/mol. The van der Waals surface area contributed by atoms with Gasteiger partial charge in [0.2, 0.25) is 5.91 Å². The van der Waals surface area contributed by atoms with Crippen molar-refractivity contribution in [3.05, 3.63) is 0 Å². The van der Waals surface area contributed by atoms with Crippen LogP contribution in [0.4, 0.5) is 0 Å². The number of nitrogens with one attached hydrogen (secondary N) is 1. The molecule has 1 unspecified atom stereocenters. The highest BCUT2D eigenvalue weighted by atomic mass is 16.2. The molecule has 4 heteroatoms. The molecule has 1 atom stereocenters. The van der Waals surface area contributed by atoms with E-state index in [0.717, 1.165) is 25.6 Å². The van der Waals surface area contributed by atoms with Crippen LogP contribution in [-0.4, -0.2) is 30.4 Å². The number of hydrogen-bond acceptors (Lipinski definition) is 3. The van der Waals surface area contributed by atoms with Gasteiger partial charge in [0, 0.05) is 6.54 Å². The molecule has 1 aliphatic heterocycles. The van der Waals surface area contributed by atoms with Crippen LogP contribution < -0.4 is 11.3 Å². The van der Waals surface area contributed by atoms with Crippen molar-refractivity contribution in [3.8, 4) is 0 Å². The Balaban J connectivity index is 2.56. The highest BCUT2D eigenvalue weighted by Gasteiger charge is 2.32. The topological polar surface area (TPSA) is 58.4 Å². The predicted octanol–water partition coefficient (Wildman–Crippen LogP) is 2.15. The van der Waals surface area contributed by atoms with E-state index in [4.69, 9.17) is 5.84 Å². The minimum Gasteiger partial charge on any atom is -0.302 e. The quantitative estimate of drug-likeness (QED) is 0.469. The van der Waals surface area contributed by atoms with E-state index in [9.17, 15) is 4.79 Å². The first kappa shape index (κ1) is 16.4. The molecule has 3 N–H and O–H groups in total. The molecular formula is C15H31N3O. The molecule has 0 spiro atoms. The largest absolute Gasteiger partial charge is 0.302 e. The molecular weight excluding hydrogens is 238 g/mol. The molecule has 1 saturated heterocycles. The molecule has 112 valence electrons. The molecule has 1 aliphatic rings. The third-order valence-corrected chi connectivity index (χ3v) is 4.41. The molecule has 1 heterocycles. The van der Waals surface area contributed by atoms with Crippen molar-refractivity contribution in [1.82, 2.24) is 10.3 Å². The number of nitrogens with zero attached hydrogens (tertiary/aromatic N) is 1. The Morgan fingerprint density at radius 1 is 1.21 bits per heavy atom. The van der Waals surface area contributed by atoms with Gasteiger partial charge in [-0.15, -0.1) is 0 Å². The molecule has 0 aromatic rings. The first-order valence-electron chi connectivity index (χ1n) is 7.40. The number of rotatable bonds is 3. The fourth-order valence-corrected chi connectivity index (χ4v) is 3.01. The molecule has 1 rings (SSSR count). The number of likely N-dealkylation sites (tertiary alicyclic amines) is 1. The van der Waals surface area contributed by atoms with Crippen LogP contribution in [0.3, 0.4) is 0 Å². The van der Waals surface area contributed by atoms with E-state index in [1.54, 1.807) is 0 Å². The maximum atomic E-state index is 11.8. The van der Waals surface area contributed by atoms with Gasteiger partial charge in [-0.3, -0.25) is 10.2 Å². The standard InChI is InChI=1S/C15H31N3O/c1-14(2,3)12-7-6-9-18(10-8-12)11-15(4,5)13(19)17-16/h12H,6-11,16H2,1-5H3,(H,17,19). The lowest BCUT2D eigenvalue weighted by molar-refractivity contribution is -0.130. The molecule has 1 amide bonds. The maximum absolute atomic E-state index is 11.8. The Morgan fingerprint density at radius 3 is 2.37 bits per heavy atom. The number of amides is 1. The van der Waals surface area contributed by atoms with Crippen molar-refractivity contribution in [3.63, 3.8) is 0 Å². The molecule has 4 nitrogen and oxygen atoms in total. The van der Waals surface area contributed by atoms with Crippen LogP contribution in [0.25, 0.3) is 0 Å². The molecule has 0 saturated carbocycles. The van der Waals surface area contributed by atoms with E-state index in [1.165, 1.54) is 19.3 Å². The Hall–Kier alpha value is -0.610. The second-order valence-electron chi connectivity index (χ2n) is 7.63. The summed E-state index contributed by atoms with van der Waals surface area (Å²) < 4.78 is 0. The normalized spacial score (nSPS) is 22.9. The highest BCUT2D eigenvalue weighted by Crippen LogP contribution is 2.34. The van der Waals surface area contributed by atoms with Crippen LogP contribution in [0.5, 0.6) is 0 Å². The number of nitrogens with two attached hydrogens (primary N) is 1. The smallest absolute Gasteiger partial charge is 0.240 e. The van der Waals surface area contributed by atoms with Gasteiger partial charge in [0.05, 0.1) is 5.41 Å². The van der Waals surface area contributed by atoms with Crippen molar-refractivity contribution in [1.29, 1.82) is 0 Å². The van der Waals surface area contributed by atoms with Gasteiger partial charge in [-0.1, -0.05) is 20.8 Å². The minimum absolute atomic E-state index is 0.0795. The Morgan fingerprint density at radius 2 is 1.84 bits per heavy atom. The average molecular weight is 269 g/mol. The monoisotopic (exact) mass is 269 g/mol. The van der Waals surface area contributed by atoms with Gasteiger partial charge in [0.25, 0.3) is 0 Å². The zero-order valence-electron chi connectivity index (χ0n) is 13.3. The Labute approximate surface area is 118 Å². The van der Waals surface area contributed by atoms with Crippen molar-refractivity contribution in [2.24, 2.45) is 22.6 Å². The zero-order valence-corrected chi connectivity index (χ0v) is 13.3. The van der Waals surface area contributed by atoms with E-state index in [2.05, 4.69) is 31.1 Å². The van der Waals surface area contributed by atoms with E-state index < -0.39 is 5.41 Å². The van der Waals surface area contributed by atoms with E-state index >= 15 is 0 Å². The first-order valence-corrected chi connectivity index (χ1v) is 7.40. The summed E-state index contributed by atoms with van der Waals surface area (Å²) in [6, 6.07) is 0. The van der Waals surface area contributed by atoms with Crippen LogP contribution in [-0.2, 0) is 4.79 Å². The third-order valence-electron chi connectivity index (χ3n) is 4.41. The number of carbonyl (C=O) groups excluding carboxylic acids is 1. The third kappa shape index (κ3) is 4.77. The van der Waals surface area contributed by atoms with Crippen molar-refractivity contribution in [2.75, 3.05) is 19.6 Å². The Bertz CT molecular complexity index is 307. The number of hydrazine groups is 1. The first-order chi connectivity index (χ1) is 8.66. The summed E-state index contributed by atoms with van der Waals surface area (Å²) in [5, 5.41) is 0. The minimum atomic E-state index is -0.420. The molecule has 0 radical (unpaired) electrons. The van der Waals surface area contributed by atoms with Gasteiger partial charge in [0.15, 0.2) is 0 Å². The number of carbonyl (C=O) groups is 1. The molecule has 1 fully saturated rings. The highest BCUT2D eigenvalue weighted by molar-refractivity contribution is 5.81. The summed E-state index contributed by atoms with van der Waals surface area (Å²) in [7, 11) is 0. The van der Waals surface area contributed by atoms with Gasteiger partial charge in [-0.25, -0.2) is 5.84 Å². The fraction of sp³-hybridized carbons (Fsp3) is 0.933. The second-order valence-corrected chi connectivity index (χ2v) is 7.63. The van der Waals surface area contributed by atoms with Crippen molar-refractivity contribution in [2.45, 2.75) is 53.9 Å². The Kier molecular flexibility index (Phi) is 5.39. The lowest BCUT2D eigenvalue weighted by Crippen LogP contribution is -2.47. The summed E-state index contributed by atoms with van der Waals surface area (Å²) in [6.45, 7) is 13.9. The average Bonchev–Trinajstić information content (AvgIpc) is 2.52. The lowest BCUT2D eigenvalue weighted by Gasteiger charge is -2.32. The van der Waals surface area contributed by atoms with E-state index in [1.807, 2.05) is 13.8 Å². The lowest BCUT2D eigenvalue weighted by atomic mass is 9.77. The number of hydrogen-bond donors (Lipinski definition) is 2. The molecule has 0 bridgehead atoms. The van der Waals surface area contributed by atoms with Crippen LogP contribution in [0, 0.1) is 16.7 Å². The summed E-state index contributed by atoms with van der Waals surface area (Å²) in [4.78, 5) is 14.2. The van der Waals surface area contributed by atoms with E-state index in [0.29, 0.717) is 5.41 Å². The van der Waals surface area contributed by atoms with Gasteiger partial charge in [0.1, 0.15) is 0 Å². The van der Waals surface area contributed by atoms with E-state index in [-0.39, 0.29) is 5.91 Å². The summed E-state index contributed by atoms with van der Waals surface area (Å²) in [5.74, 6) is 5.96. The van der Waals surface area contributed by atoms with Crippen LogP contribution in [0.15, 0.2) is 0 Å². The molecule has 0 aromatic carbocycles. The summed E-state index contributed by atoms with van der Waals surface area (Å²) >= 11 is 0. The van der Waals surface area contributed by atoms with Crippen LogP contribution in [0.2, 0.25) is 0 Å². The second kappa shape index (κ2) is 6.23. The van der Waals surface area contributed by atoms with Crippen LogP contribution >= 0.6 is 0 Å². The molecule has 0 aliphatic carbocycles. The van der Waals surface area contributed by atoms with Gasteiger partial charge in [-0.05, 0) is 57.5 Å².